The Labute approximate surface area is 181 Å². The van der Waals surface area contributed by atoms with Crippen molar-refractivity contribution in [3.63, 3.8) is 0 Å². The lowest BCUT2D eigenvalue weighted by Gasteiger charge is -2.39. The van der Waals surface area contributed by atoms with Crippen molar-refractivity contribution in [2.24, 2.45) is 0 Å². The average molecular weight is 450 g/mol. The molecule has 1 aliphatic heterocycles. The van der Waals surface area contributed by atoms with Crippen molar-refractivity contribution in [3.8, 4) is 11.5 Å². The highest BCUT2D eigenvalue weighted by Crippen LogP contribution is 2.25. The van der Waals surface area contributed by atoms with Gasteiger partial charge < -0.3 is 44.2 Å². The van der Waals surface area contributed by atoms with Crippen LogP contribution in [-0.4, -0.2) is 68.8 Å². The molecule has 172 valence electrons. The number of aliphatic hydroxyl groups is 4. The van der Waals surface area contributed by atoms with Crippen molar-refractivity contribution in [2.45, 2.75) is 37.3 Å². The van der Waals surface area contributed by atoms with E-state index in [1.54, 1.807) is 12.1 Å². The SMILES string of the molecule is O=C(C=Cc1ccc(O)cc1)OC[C@H]1O[C@@H](Oc2c(CO)occc2=O)[C@H](O)[C@@H](O)[C@@H]1O. The van der Waals surface area contributed by atoms with Crippen LogP contribution in [-0.2, 0) is 20.9 Å². The van der Waals surface area contributed by atoms with E-state index < -0.39 is 61.1 Å². The molecule has 0 unspecified atom stereocenters. The van der Waals surface area contributed by atoms with Gasteiger partial charge >= 0.3 is 5.97 Å². The van der Waals surface area contributed by atoms with Crippen LogP contribution in [0.5, 0.6) is 11.5 Å². The van der Waals surface area contributed by atoms with Crippen molar-refractivity contribution in [1.29, 1.82) is 0 Å². The molecular formula is C21H22O11. The molecule has 0 amide bonds. The molecular weight excluding hydrogens is 428 g/mol. The number of benzene rings is 1. The van der Waals surface area contributed by atoms with Gasteiger partial charge in [-0.25, -0.2) is 4.79 Å². The first-order chi connectivity index (χ1) is 15.3. The Balaban J connectivity index is 1.64. The summed E-state index contributed by atoms with van der Waals surface area (Å²) in [6.45, 7) is -1.17. The van der Waals surface area contributed by atoms with Crippen LogP contribution in [0.4, 0.5) is 0 Å². The number of hydrogen-bond donors (Lipinski definition) is 5. The second-order valence-electron chi connectivity index (χ2n) is 6.88. The van der Waals surface area contributed by atoms with Crippen molar-refractivity contribution in [2.75, 3.05) is 6.61 Å². The third-order valence-corrected chi connectivity index (χ3v) is 4.65. The number of ether oxygens (including phenoxy) is 3. The lowest BCUT2D eigenvalue weighted by molar-refractivity contribution is -0.278. The Kier molecular flexibility index (Phi) is 7.62. The van der Waals surface area contributed by atoms with Gasteiger partial charge in [-0.15, -0.1) is 0 Å². The molecule has 0 saturated carbocycles. The van der Waals surface area contributed by atoms with Crippen LogP contribution >= 0.6 is 0 Å². The van der Waals surface area contributed by atoms with Crippen LogP contribution in [0.1, 0.15) is 11.3 Å². The van der Waals surface area contributed by atoms with Crippen molar-refractivity contribution >= 4 is 12.0 Å². The standard InChI is InChI=1S/C21H22O11/c22-9-14-20(13(24)7-8-29-14)32-21-19(28)18(27)17(26)15(31-21)10-30-16(25)6-3-11-1-4-12(23)5-2-11/h1-8,15,17-19,21-23,26-28H,9-10H2/t15-,17-,18+,19-,21+/m1/s1. The number of phenols is 1. The Hall–Kier alpha value is -3.22. The molecule has 11 nitrogen and oxygen atoms in total. The number of aliphatic hydroxyl groups excluding tert-OH is 4. The van der Waals surface area contributed by atoms with Gasteiger partial charge in [0.05, 0.1) is 6.26 Å². The molecule has 0 bridgehead atoms. The maximum Gasteiger partial charge on any atom is 0.330 e. The third kappa shape index (κ3) is 5.52. The molecule has 1 fully saturated rings. The number of rotatable bonds is 7. The summed E-state index contributed by atoms with van der Waals surface area (Å²) in [6, 6.07) is 7.06. The molecule has 5 atom stereocenters. The fourth-order valence-electron chi connectivity index (χ4n) is 2.91. The van der Waals surface area contributed by atoms with Gasteiger partial charge in [-0.05, 0) is 23.8 Å². The first-order valence-electron chi connectivity index (χ1n) is 9.52. The predicted octanol–water partition coefficient (Wildman–Crippen LogP) is -0.719. The highest BCUT2D eigenvalue weighted by Gasteiger charge is 2.46. The van der Waals surface area contributed by atoms with Crippen LogP contribution in [0.2, 0.25) is 0 Å². The van der Waals surface area contributed by atoms with Gasteiger partial charge in [0.25, 0.3) is 0 Å². The second-order valence-corrected chi connectivity index (χ2v) is 6.88. The average Bonchev–Trinajstić information content (AvgIpc) is 2.79. The molecule has 0 radical (unpaired) electrons. The van der Waals surface area contributed by atoms with Gasteiger partial charge in [0, 0.05) is 12.1 Å². The minimum Gasteiger partial charge on any atom is -0.508 e. The highest BCUT2D eigenvalue weighted by molar-refractivity contribution is 5.87. The molecule has 5 N–H and O–H groups in total. The Morgan fingerprint density at radius 1 is 1.06 bits per heavy atom. The van der Waals surface area contributed by atoms with Crippen molar-refractivity contribution < 1.29 is 49.0 Å². The molecule has 2 heterocycles. The number of carbonyl (C=O) groups is 1. The van der Waals surface area contributed by atoms with Crippen LogP contribution in [0.25, 0.3) is 6.08 Å². The fraction of sp³-hybridized carbons (Fsp3) is 0.333. The lowest BCUT2D eigenvalue weighted by atomic mass is 9.99. The maximum atomic E-state index is 12.0. The van der Waals surface area contributed by atoms with Crippen LogP contribution in [0.3, 0.4) is 0 Å². The van der Waals surface area contributed by atoms with E-state index in [2.05, 4.69) is 0 Å². The molecule has 1 aromatic carbocycles. The zero-order valence-corrected chi connectivity index (χ0v) is 16.6. The lowest BCUT2D eigenvalue weighted by Crippen LogP contribution is -2.60. The predicted molar refractivity (Wildman–Crippen MR) is 106 cm³/mol. The smallest absolute Gasteiger partial charge is 0.330 e. The quantitative estimate of drug-likeness (QED) is 0.266. The summed E-state index contributed by atoms with van der Waals surface area (Å²) < 4.78 is 20.7. The van der Waals surface area contributed by atoms with E-state index in [1.807, 2.05) is 0 Å². The van der Waals surface area contributed by atoms with Crippen LogP contribution in [0, 0.1) is 0 Å². The molecule has 0 aliphatic carbocycles. The van der Waals surface area contributed by atoms with Crippen molar-refractivity contribution in [1.82, 2.24) is 0 Å². The maximum absolute atomic E-state index is 12.0. The second kappa shape index (κ2) is 10.4. The number of hydrogen-bond acceptors (Lipinski definition) is 11. The zero-order valence-electron chi connectivity index (χ0n) is 16.6. The Morgan fingerprint density at radius 3 is 2.47 bits per heavy atom. The molecule has 2 aromatic rings. The van der Waals surface area contributed by atoms with Crippen LogP contribution < -0.4 is 10.2 Å². The summed E-state index contributed by atoms with van der Waals surface area (Å²) in [5, 5.41) is 49.0. The van der Waals surface area contributed by atoms with Gasteiger partial charge in [0.15, 0.2) is 5.76 Å². The number of aromatic hydroxyl groups is 1. The largest absolute Gasteiger partial charge is 0.508 e. The monoisotopic (exact) mass is 450 g/mol. The first-order valence-corrected chi connectivity index (χ1v) is 9.52. The van der Waals surface area contributed by atoms with Gasteiger partial charge in [-0.3, -0.25) is 4.79 Å². The topological polar surface area (TPSA) is 176 Å². The van der Waals surface area contributed by atoms with Gasteiger partial charge in [0.1, 0.15) is 43.4 Å². The van der Waals surface area contributed by atoms with E-state index in [0.29, 0.717) is 5.56 Å². The fourth-order valence-corrected chi connectivity index (χ4v) is 2.91. The summed E-state index contributed by atoms with van der Waals surface area (Å²) >= 11 is 0. The summed E-state index contributed by atoms with van der Waals surface area (Å²) in [5.41, 5.74) is -0.0406. The summed E-state index contributed by atoms with van der Waals surface area (Å²) in [5.74, 6) is -1.37. The third-order valence-electron chi connectivity index (χ3n) is 4.65. The van der Waals surface area contributed by atoms with E-state index in [1.165, 1.54) is 18.2 Å². The van der Waals surface area contributed by atoms with E-state index in [9.17, 15) is 35.1 Å². The van der Waals surface area contributed by atoms with E-state index in [-0.39, 0.29) is 11.5 Å². The van der Waals surface area contributed by atoms with Gasteiger partial charge in [0.2, 0.25) is 17.5 Å². The van der Waals surface area contributed by atoms with E-state index >= 15 is 0 Å². The summed E-state index contributed by atoms with van der Waals surface area (Å²) in [7, 11) is 0. The molecule has 3 rings (SSSR count). The van der Waals surface area contributed by atoms with Crippen molar-refractivity contribution in [3.05, 3.63) is 64.2 Å². The molecule has 0 spiro atoms. The van der Waals surface area contributed by atoms with Gasteiger partial charge in [-0.2, -0.15) is 0 Å². The number of esters is 1. The number of carbonyl (C=O) groups excluding carboxylic acids is 1. The zero-order chi connectivity index (χ0) is 23.3. The summed E-state index contributed by atoms with van der Waals surface area (Å²) in [6.07, 6.45) is -4.43. The minimum absolute atomic E-state index is 0.0741. The Morgan fingerprint density at radius 2 is 1.78 bits per heavy atom. The Bertz CT molecular complexity index is 998. The minimum atomic E-state index is -1.75. The number of phenolic OH excluding ortho intramolecular Hbond substituents is 1. The van der Waals surface area contributed by atoms with Crippen LogP contribution in [0.15, 0.2) is 51.9 Å². The molecule has 1 aromatic heterocycles. The van der Waals surface area contributed by atoms with E-state index in [0.717, 1.165) is 18.4 Å². The molecule has 32 heavy (non-hydrogen) atoms. The summed E-state index contributed by atoms with van der Waals surface area (Å²) in [4.78, 5) is 24.0. The van der Waals surface area contributed by atoms with Gasteiger partial charge in [-0.1, -0.05) is 12.1 Å². The molecule has 11 heteroatoms. The highest BCUT2D eigenvalue weighted by atomic mass is 16.7. The molecule has 1 aliphatic rings. The van der Waals surface area contributed by atoms with E-state index in [4.69, 9.17) is 18.6 Å². The normalized spacial score (nSPS) is 25.6. The molecule has 1 saturated heterocycles. The first kappa shape index (κ1) is 23.4.